The van der Waals surface area contributed by atoms with Crippen LogP contribution in [-0.2, 0) is 11.2 Å². The second kappa shape index (κ2) is 20.9. The van der Waals surface area contributed by atoms with Gasteiger partial charge >= 0.3 is 0 Å². The Morgan fingerprint density at radius 1 is 0.800 bits per heavy atom. The number of rotatable bonds is 17. The smallest absolute Gasteiger partial charge is 0.300 e. The summed E-state index contributed by atoms with van der Waals surface area (Å²) in [7, 11) is 4.46. The highest BCUT2D eigenvalue weighted by atomic mass is 16.4. The van der Waals surface area contributed by atoms with Crippen molar-refractivity contribution in [2.24, 2.45) is 0 Å². The van der Waals surface area contributed by atoms with Crippen LogP contribution in [0.25, 0.3) is 0 Å². The Labute approximate surface area is 187 Å². The molecule has 0 bridgehead atoms. The van der Waals surface area contributed by atoms with Gasteiger partial charge in [-0.15, -0.1) is 0 Å². The lowest BCUT2D eigenvalue weighted by Gasteiger charge is -2.24. The van der Waals surface area contributed by atoms with E-state index >= 15 is 0 Å². The average molecular weight is 420 g/mol. The zero-order valence-electron chi connectivity index (χ0n) is 20.4. The van der Waals surface area contributed by atoms with E-state index in [1.165, 1.54) is 102 Å². The van der Waals surface area contributed by atoms with Crippen LogP contribution in [0.15, 0.2) is 30.3 Å². The van der Waals surface area contributed by atoms with E-state index in [4.69, 9.17) is 9.90 Å². The third kappa shape index (κ3) is 19.9. The van der Waals surface area contributed by atoms with E-state index in [1.807, 2.05) is 0 Å². The maximum atomic E-state index is 9.00. The summed E-state index contributed by atoms with van der Waals surface area (Å²) < 4.78 is 0. The van der Waals surface area contributed by atoms with Gasteiger partial charge in [-0.05, 0) is 32.5 Å². The van der Waals surface area contributed by atoms with Crippen LogP contribution in [0.2, 0.25) is 0 Å². The number of hydrogen-bond acceptors (Lipinski definition) is 2. The number of benzene rings is 1. The van der Waals surface area contributed by atoms with E-state index in [0.29, 0.717) is 6.04 Å². The van der Waals surface area contributed by atoms with Crippen LogP contribution in [0.4, 0.5) is 0 Å². The van der Waals surface area contributed by atoms with Crippen LogP contribution in [0.5, 0.6) is 0 Å². The van der Waals surface area contributed by atoms with Crippen molar-refractivity contribution in [3.63, 3.8) is 0 Å². The Morgan fingerprint density at radius 3 is 1.60 bits per heavy atom. The first-order chi connectivity index (χ1) is 14.5. The number of carbonyl (C=O) groups is 1. The number of carboxylic acid groups (broad SMARTS) is 1. The third-order valence-corrected chi connectivity index (χ3v) is 5.69. The monoisotopic (exact) mass is 419 g/mol. The second-order valence-corrected chi connectivity index (χ2v) is 8.86. The highest BCUT2D eigenvalue weighted by Gasteiger charge is 2.11. The normalized spacial score (nSPS) is 11.8. The minimum Gasteiger partial charge on any atom is -0.481 e. The molecule has 0 aliphatic carbocycles. The number of unbranched alkanes of at least 4 members (excludes halogenated alkanes) is 12. The topological polar surface area (TPSA) is 40.5 Å². The summed E-state index contributed by atoms with van der Waals surface area (Å²) in [5, 5.41) is 7.42. The molecule has 30 heavy (non-hydrogen) atoms. The van der Waals surface area contributed by atoms with Gasteiger partial charge in [-0.25, -0.2) is 0 Å². The maximum absolute atomic E-state index is 9.00. The molecule has 0 heterocycles. The zero-order chi connectivity index (χ0) is 22.5. The van der Waals surface area contributed by atoms with Crippen molar-refractivity contribution in [3.8, 4) is 0 Å². The highest BCUT2D eigenvalue weighted by molar-refractivity contribution is 5.62. The van der Waals surface area contributed by atoms with Crippen LogP contribution >= 0.6 is 0 Å². The Morgan fingerprint density at radius 2 is 1.20 bits per heavy atom. The largest absolute Gasteiger partial charge is 0.481 e. The van der Waals surface area contributed by atoms with Crippen molar-refractivity contribution in [1.29, 1.82) is 0 Å². The van der Waals surface area contributed by atoms with E-state index in [2.05, 4.69) is 56.3 Å². The molecule has 1 aromatic rings. The molecular formula is C27H49NO2. The molecule has 0 amide bonds. The molecule has 1 N–H and O–H groups in total. The molecule has 0 fully saturated rings. The Bertz CT molecular complexity index is 483. The second-order valence-electron chi connectivity index (χ2n) is 8.86. The lowest BCUT2D eigenvalue weighted by molar-refractivity contribution is -0.134. The third-order valence-electron chi connectivity index (χ3n) is 5.69. The average Bonchev–Trinajstić information content (AvgIpc) is 2.70. The molecule has 1 rings (SSSR count). The number of aliphatic carboxylic acids is 1. The summed E-state index contributed by atoms with van der Waals surface area (Å²) in [5.74, 6) is -0.833. The van der Waals surface area contributed by atoms with Crippen LogP contribution in [0, 0.1) is 0 Å². The van der Waals surface area contributed by atoms with E-state index in [-0.39, 0.29) is 0 Å². The Balaban J connectivity index is 0.00000192. The van der Waals surface area contributed by atoms with Gasteiger partial charge in [-0.2, -0.15) is 0 Å². The van der Waals surface area contributed by atoms with Crippen LogP contribution in [0.1, 0.15) is 109 Å². The molecular weight excluding hydrogens is 370 g/mol. The summed E-state index contributed by atoms with van der Waals surface area (Å²) in [4.78, 5) is 11.4. The Hall–Kier alpha value is -1.35. The Kier molecular flexibility index (Phi) is 20.0. The minimum atomic E-state index is -0.833. The highest BCUT2D eigenvalue weighted by Crippen LogP contribution is 2.16. The molecule has 0 saturated carbocycles. The van der Waals surface area contributed by atoms with Crippen molar-refractivity contribution >= 4 is 5.97 Å². The predicted molar refractivity (Wildman–Crippen MR) is 131 cm³/mol. The lowest BCUT2D eigenvalue weighted by atomic mass is 9.98. The fourth-order valence-corrected chi connectivity index (χ4v) is 3.83. The van der Waals surface area contributed by atoms with E-state index in [1.54, 1.807) is 0 Å². The minimum absolute atomic E-state index is 0.685. The van der Waals surface area contributed by atoms with Crippen molar-refractivity contribution in [2.45, 2.75) is 116 Å². The fourth-order valence-electron chi connectivity index (χ4n) is 3.83. The van der Waals surface area contributed by atoms with E-state index in [0.717, 1.165) is 6.92 Å². The summed E-state index contributed by atoms with van der Waals surface area (Å²) in [5.41, 5.74) is 1.47. The number of hydrogen-bond donors (Lipinski definition) is 1. The molecule has 0 saturated heterocycles. The van der Waals surface area contributed by atoms with Gasteiger partial charge in [-0.3, -0.25) is 4.79 Å². The van der Waals surface area contributed by atoms with Crippen molar-refractivity contribution in [2.75, 3.05) is 14.1 Å². The van der Waals surface area contributed by atoms with Gasteiger partial charge in [0.05, 0.1) is 0 Å². The van der Waals surface area contributed by atoms with Crippen LogP contribution in [-0.4, -0.2) is 36.1 Å². The summed E-state index contributed by atoms with van der Waals surface area (Å²) >= 11 is 0. The SMILES string of the molecule is CC(=O)O.CCCCCCCCCCCCCCCC(Cc1ccccc1)N(C)C. The summed E-state index contributed by atoms with van der Waals surface area (Å²) in [6.45, 7) is 3.38. The van der Waals surface area contributed by atoms with Crippen molar-refractivity contribution < 1.29 is 9.90 Å². The van der Waals surface area contributed by atoms with Gasteiger partial charge in [-0.1, -0.05) is 121 Å². The number of likely N-dealkylation sites (N-methyl/N-ethyl adjacent to an activating group) is 1. The summed E-state index contributed by atoms with van der Waals surface area (Å²) in [6, 6.07) is 11.6. The molecule has 0 aliphatic rings. The molecule has 0 aromatic heterocycles. The first kappa shape index (κ1) is 28.6. The standard InChI is InChI=1S/C25H45N.C2H4O2/c1-4-5-6-7-8-9-10-11-12-13-14-15-19-22-25(26(2)3)23-24-20-17-16-18-21-24;1-2(3)4/h16-18,20-21,25H,4-15,19,22-23H2,1-3H3;1H3,(H,3,4). The first-order valence-electron chi connectivity index (χ1n) is 12.4. The molecule has 0 spiro atoms. The quantitative estimate of drug-likeness (QED) is 0.263. The van der Waals surface area contributed by atoms with Crippen LogP contribution < -0.4 is 0 Å². The summed E-state index contributed by atoms with van der Waals surface area (Å²) in [6.07, 6.45) is 21.2. The molecule has 3 heteroatoms. The molecule has 0 aliphatic heterocycles. The van der Waals surface area contributed by atoms with Gasteiger partial charge in [0, 0.05) is 13.0 Å². The fraction of sp³-hybridized carbons (Fsp3) is 0.741. The molecule has 3 nitrogen and oxygen atoms in total. The van der Waals surface area contributed by atoms with Gasteiger partial charge in [0.1, 0.15) is 0 Å². The number of carboxylic acids is 1. The molecule has 174 valence electrons. The van der Waals surface area contributed by atoms with E-state index < -0.39 is 5.97 Å². The predicted octanol–water partition coefficient (Wildman–Crippen LogP) is 7.73. The van der Waals surface area contributed by atoms with Gasteiger partial charge in [0.15, 0.2) is 0 Å². The zero-order valence-corrected chi connectivity index (χ0v) is 20.4. The van der Waals surface area contributed by atoms with E-state index in [9.17, 15) is 0 Å². The van der Waals surface area contributed by atoms with Crippen molar-refractivity contribution in [1.82, 2.24) is 4.90 Å². The maximum Gasteiger partial charge on any atom is 0.300 e. The first-order valence-corrected chi connectivity index (χ1v) is 12.4. The van der Waals surface area contributed by atoms with Gasteiger partial charge < -0.3 is 10.0 Å². The lowest BCUT2D eigenvalue weighted by Crippen LogP contribution is -2.30. The van der Waals surface area contributed by atoms with Crippen LogP contribution in [0.3, 0.4) is 0 Å². The number of nitrogens with zero attached hydrogens (tertiary/aromatic N) is 1. The molecule has 1 unspecified atom stereocenters. The molecule has 1 atom stereocenters. The molecule has 1 aromatic carbocycles. The molecule has 0 radical (unpaired) electrons. The van der Waals surface area contributed by atoms with Crippen molar-refractivity contribution in [3.05, 3.63) is 35.9 Å². The van der Waals surface area contributed by atoms with Gasteiger partial charge in [0.25, 0.3) is 5.97 Å². The van der Waals surface area contributed by atoms with Gasteiger partial charge in [0.2, 0.25) is 0 Å².